The zero-order chi connectivity index (χ0) is 8.69. The largest absolute Gasteiger partial charge is 0.309 e. The molecule has 0 aliphatic heterocycles. The van der Waals surface area contributed by atoms with E-state index >= 15 is 0 Å². The normalized spacial score (nSPS) is 13.5. The van der Waals surface area contributed by atoms with Crippen molar-refractivity contribution < 1.29 is 0 Å². The molecule has 1 atom stereocenters. The van der Waals surface area contributed by atoms with Gasteiger partial charge in [0.2, 0.25) is 0 Å². The molecule has 0 aromatic rings. The molecule has 1 unspecified atom stereocenters. The van der Waals surface area contributed by atoms with Crippen LogP contribution in [-0.2, 0) is 0 Å². The SMILES string of the molecule is C=CCC(CCN(C)C)NN. The van der Waals surface area contributed by atoms with Crippen LogP contribution in [0.3, 0.4) is 0 Å². The summed E-state index contributed by atoms with van der Waals surface area (Å²) < 4.78 is 0. The van der Waals surface area contributed by atoms with Crippen molar-refractivity contribution in [3.8, 4) is 0 Å². The van der Waals surface area contributed by atoms with Crippen molar-refractivity contribution in [2.24, 2.45) is 5.84 Å². The quantitative estimate of drug-likeness (QED) is 0.332. The number of nitrogens with one attached hydrogen (secondary N) is 1. The van der Waals surface area contributed by atoms with Gasteiger partial charge in [-0.1, -0.05) is 6.08 Å². The summed E-state index contributed by atoms with van der Waals surface area (Å²) in [5.74, 6) is 5.33. The minimum atomic E-state index is 0.370. The third kappa shape index (κ3) is 6.04. The van der Waals surface area contributed by atoms with E-state index in [0.717, 1.165) is 19.4 Å². The molecule has 11 heavy (non-hydrogen) atoms. The van der Waals surface area contributed by atoms with Crippen LogP contribution in [0.5, 0.6) is 0 Å². The molecule has 0 radical (unpaired) electrons. The van der Waals surface area contributed by atoms with Gasteiger partial charge in [-0.2, -0.15) is 0 Å². The van der Waals surface area contributed by atoms with Gasteiger partial charge >= 0.3 is 0 Å². The lowest BCUT2D eigenvalue weighted by atomic mass is 10.1. The summed E-state index contributed by atoms with van der Waals surface area (Å²) in [6, 6.07) is 0.370. The average Bonchev–Trinajstić information content (AvgIpc) is 1.97. The second kappa shape index (κ2) is 6.34. The van der Waals surface area contributed by atoms with E-state index in [9.17, 15) is 0 Å². The van der Waals surface area contributed by atoms with E-state index in [4.69, 9.17) is 5.84 Å². The first-order valence-corrected chi connectivity index (χ1v) is 3.92. The Labute approximate surface area is 69.2 Å². The van der Waals surface area contributed by atoms with Gasteiger partial charge in [-0.15, -0.1) is 6.58 Å². The van der Waals surface area contributed by atoms with E-state index in [1.165, 1.54) is 0 Å². The molecule has 0 aliphatic carbocycles. The number of hydrogen-bond acceptors (Lipinski definition) is 3. The number of hydrogen-bond donors (Lipinski definition) is 2. The summed E-state index contributed by atoms with van der Waals surface area (Å²) in [4.78, 5) is 2.15. The van der Waals surface area contributed by atoms with E-state index in [-0.39, 0.29) is 0 Å². The highest BCUT2D eigenvalue weighted by atomic mass is 15.2. The molecule has 3 N–H and O–H groups in total. The lowest BCUT2D eigenvalue weighted by molar-refractivity contribution is 0.360. The van der Waals surface area contributed by atoms with Crippen molar-refractivity contribution in [3.63, 3.8) is 0 Å². The van der Waals surface area contributed by atoms with E-state index in [1.807, 2.05) is 6.08 Å². The highest BCUT2D eigenvalue weighted by molar-refractivity contribution is 4.76. The van der Waals surface area contributed by atoms with Gasteiger partial charge in [-0.25, -0.2) is 0 Å². The van der Waals surface area contributed by atoms with Gasteiger partial charge in [0.05, 0.1) is 0 Å². The zero-order valence-corrected chi connectivity index (χ0v) is 7.51. The number of rotatable bonds is 6. The predicted octanol–water partition coefficient (Wildman–Crippen LogP) is 0.346. The van der Waals surface area contributed by atoms with Crippen molar-refractivity contribution in [2.45, 2.75) is 18.9 Å². The highest BCUT2D eigenvalue weighted by Gasteiger charge is 2.03. The van der Waals surface area contributed by atoms with Crippen LogP contribution in [0.1, 0.15) is 12.8 Å². The maximum atomic E-state index is 5.33. The van der Waals surface area contributed by atoms with Crippen LogP contribution in [0, 0.1) is 0 Å². The Kier molecular flexibility index (Phi) is 6.12. The Balaban J connectivity index is 3.43. The summed E-state index contributed by atoms with van der Waals surface area (Å²) >= 11 is 0. The van der Waals surface area contributed by atoms with Crippen molar-refractivity contribution in [1.82, 2.24) is 10.3 Å². The monoisotopic (exact) mass is 157 g/mol. The van der Waals surface area contributed by atoms with Gasteiger partial charge in [0.15, 0.2) is 0 Å². The zero-order valence-electron chi connectivity index (χ0n) is 7.51. The standard InChI is InChI=1S/C8H19N3/c1-4-5-8(10-9)6-7-11(2)3/h4,8,10H,1,5-7,9H2,2-3H3. The second-order valence-corrected chi connectivity index (χ2v) is 2.98. The molecular formula is C8H19N3. The summed E-state index contributed by atoms with van der Waals surface area (Å²) in [7, 11) is 4.11. The first kappa shape index (κ1) is 10.6. The Morgan fingerprint density at radius 2 is 2.27 bits per heavy atom. The Bertz CT molecular complexity index is 102. The molecule has 0 heterocycles. The average molecular weight is 157 g/mol. The van der Waals surface area contributed by atoms with Gasteiger partial charge in [-0.05, 0) is 33.5 Å². The number of hydrazine groups is 1. The third-order valence-corrected chi connectivity index (χ3v) is 1.61. The van der Waals surface area contributed by atoms with Crippen molar-refractivity contribution in [2.75, 3.05) is 20.6 Å². The minimum absolute atomic E-state index is 0.370. The van der Waals surface area contributed by atoms with Gasteiger partial charge in [0.1, 0.15) is 0 Å². The van der Waals surface area contributed by atoms with Crippen LogP contribution in [0.25, 0.3) is 0 Å². The highest BCUT2D eigenvalue weighted by Crippen LogP contribution is 1.97. The molecule has 0 aliphatic rings. The number of nitrogens with two attached hydrogens (primary N) is 1. The molecular weight excluding hydrogens is 138 g/mol. The maximum Gasteiger partial charge on any atom is 0.0257 e. The Hall–Kier alpha value is -0.380. The first-order chi connectivity index (χ1) is 5.20. The van der Waals surface area contributed by atoms with E-state index in [2.05, 4.69) is 31.0 Å². The lowest BCUT2D eigenvalue weighted by Crippen LogP contribution is -2.36. The topological polar surface area (TPSA) is 41.3 Å². The predicted molar refractivity (Wildman–Crippen MR) is 49.1 cm³/mol. The fourth-order valence-corrected chi connectivity index (χ4v) is 0.884. The molecule has 0 fully saturated rings. The maximum absolute atomic E-state index is 5.33. The van der Waals surface area contributed by atoms with Gasteiger partial charge < -0.3 is 4.90 Å². The van der Waals surface area contributed by atoms with Crippen LogP contribution < -0.4 is 11.3 Å². The van der Waals surface area contributed by atoms with Crippen LogP contribution in [-0.4, -0.2) is 31.6 Å². The van der Waals surface area contributed by atoms with Crippen LogP contribution >= 0.6 is 0 Å². The molecule has 3 nitrogen and oxygen atoms in total. The van der Waals surface area contributed by atoms with Crippen LogP contribution in [0.2, 0.25) is 0 Å². The Morgan fingerprint density at radius 3 is 2.64 bits per heavy atom. The molecule has 0 saturated heterocycles. The van der Waals surface area contributed by atoms with E-state index in [1.54, 1.807) is 0 Å². The van der Waals surface area contributed by atoms with Crippen molar-refractivity contribution >= 4 is 0 Å². The van der Waals surface area contributed by atoms with Crippen LogP contribution in [0.4, 0.5) is 0 Å². The van der Waals surface area contributed by atoms with E-state index < -0.39 is 0 Å². The second-order valence-electron chi connectivity index (χ2n) is 2.98. The Morgan fingerprint density at radius 1 is 1.64 bits per heavy atom. The molecule has 0 aromatic heterocycles. The molecule has 0 rings (SSSR count). The molecule has 0 bridgehead atoms. The molecule has 3 heteroatoms. The van der Waals surface area contributed by atoms with Gasteiger partial charge in [0.25, 0.3) is 0 Å². The summed E-state index contributed by atoms with van der Waals surface area (Å²) in [5, 5.41) is 0. The molecule has 0 saturated carbocycles. The number of nitrogens with zero attached hydrogens (tertiary/aromatic N) is 1. The third-order valence-electron chi connectivity index (χ3n) is 1.61. The molecule has 0 aromatic carbocycles. The van der Waals surface area contributed by atoms with Gasteiger partial charge in [0, 0.05) is 6.04 Å². The van der Waals surface area contributed by atoms with Crippen molar-refractivity contribution in [1.29, 1.82) is 0 Å². The summed E-state index contributed by atoms with van der Waals surface area (Å²) in [6.45, 7) is 4.72. The molecule has 66 valence electrons. The minimum Gasteiger partial charge on any atom is -0.309 e. The first-order valence-electron chi connectivity index (χ1n) is 3.92. The summed E-state index contributed by atoms with van der Waals surface area (Å²) in [5.41, 5.74) is 2.76. The molecule has 0 spiro atoms. The van der Waals surface area contributed by atoms with Crippen molar-refractivity contribution in [3.05, 3.63) is 12.7 Å². The fraction of sp³-hybridized carbons (Fsp3) is 0.750. The smallest absolute Gasteiger partial charge is 0.0257 e. The summed E-state index contributed by atoms with van der Waals surface area (Å²) in [6.07, 6.45) is 3.89. The molecule has 0 amide bonds. The fourth-order valence-electron chi connectivity index (χ4n) is 0.884. The van der Waals surface area contributed by atoms with Gasteiger partial charge in [-0.3, -0.25) is 11.3 Å². The lowest BCUT2D eigenvalue weighted by Gasteiger charge is -2.16. The van der Waals surface area contributed by atoms with E-state index in [0.29, 0.717) is 6.04 Å². The van der Waals surface area contributed by atoms with Crippen LogP contribution in [0.15, 0.2) is 12.7 Å².